The highest BCUT2D eigenvalue weighted by Gasteiger charge is 2.16. The molecule has 0 saturated carbocycles. The lowest BCUT2D eigenvalue weighted by Gasteiger charge is -2.19. The Morgan fingerprint density at radius 2 is 1.72 bits per heavy atom. The summed E-state index contributed by atoms with van der Waals surface area (Å²) in [5.74, 6) is 0. The van der Waals surface area contributed by atoms with Crippen molar-refractivity contribution in [3.8, 4) is 0 Å². The summed E-state index contributed by atoms with van der Waals surface area (Å²) in [5, 5.41) is 31.4. The van der Waals surface area contributed by atoms with Crippen LogP contribution in [0.15, 0.2) is 47.9 Å². The molecule has 4 heteroatoms. The third-order valence-electron chi connectivity index (χ3n) is 5.61. The van der Waals surface area contributed by atoms with Crippen LogP contribution in [0.4, 0.5) is 0 Å². The van der Waals surface area contributed by atoms with Gasteiger partial charge in [-0.15, -0.1) is 11.3 Å². The molecule has 0 saturated heterocycles. The Morgan fingerprint density at radius 3 is 2.34 bits per heavy atom. The van der Waals surface area contributed by atoms with Crippen LogP contribution in [0, 0.1) is 0 Å². The number of aliphatic hydroxyl groups is 3. The third-order valence-corrected chi connectivity index (χ3v) is 6.60. The highest BCUT2D eigenvalue weighted by Crippen LogP contribution is 2.26. The largest absolute Gasteiger partial charge is 0.392 e. The van der Waals surface area contributed by atoms with E-state index in [1.165, 1.54) is 21.6 Å². The monoisotopic (exact) mass is 414 g/mol. The molecule has 2 aromatic rings. The van der Waals surface area contributed by atoms with Crippen molar-refractivity contribution in [3.05, 3.63) is 75.0 Å². The van der Waals surface area contributed by atoms with Gasteiger partial charge in [-0.05, 0) is 71.4 Å². The first-order chi connectivity index (χ1) is 14.0. The molecular weight excluding hydrogens is 380 g/mol. The van der Waals surface area contributed by atoms with E-state index in [9.17, 15) is 15.3 Å². The minimum absolute atomic E-state index is 0.0427. The molecule has 29 heavy (non-hydrogen) atoms. The predicted octanol–water partition coefficient (Wildman–Crippen LogP) is 5.42. The van der Waals surface area contributed by atoms with E-state index in [0.29, 0.717) is 0 Å². The van der Waals surface area contributed by atoms with Crippen molar-refractivity contribution in [3.63, 3.8) is 0 Å². The standard InChI is InChI=1S/C25H34O3S/c1-4-20(8-7-13-25(28,5-2)6-3)23-15-24(29-18-23)12-10-19-9-11-21(16-26)22(14-19)17-27/h7-9,11,13-15,18,26-28H,4-6,10,12,16-17H2,1-3H3/b13-7+,20-8-. The van der Waals surface area contributed by atoms with Gasteiger partial charge >= 0.3 is 0 Å². The van der Waals surface area contributed by atoms with Gasteiger partial charge in [-0.25, -0.2) is 0 Å². The van der Waals surface area contributed by atoms with Crippen molar-refractivity contribution in [2.75, 3.05) is 0 Å². The molecule has 0 bridgehead atoms. The number of hydrogen-bond donors (Lipinski definition) is 3. The van der Waals surface area contributed by atoms with Crippen LogP contribution < -0.4 is 0 Å². The molecule has 1 aromatic heterocycles. The van der Waals surface area contributed by atoms with E-state index >= 15 is 0 Å². The van der Waals surface area contributed by atoms with Gasteiger partial charge in [0, 0.05) is 4.88 Å². The van der Waals surface area contributed by atoms with E-state index in [0.717, 1.165) is 43.2 Å². The van der Waals surface area contributed by atoms with Crippen LogP contribution in [0.5, 0.6) is 0 Å². The fraction of sp³-hybridized carbons (Fsp3) is 0.440. The second kappa shape index (κ2) is 11.5. The first kappa shape index (κ1) is 23.6. The van der Waals surface area contributed by atoms with Gasteiger partial charge in [-0.1, -0.05) is 57.2 Å². The number of benzene rings is 1. The van der Waals surface area contributed by atoms with E-state index in [1.807, 2.05) is 44.2 Å². The van der Waals surface area contributed by atoms with Gasteiger partial charge < -0.3 is 15.3 Å². The number of allylic oxidation sites excluding steroid dienone is 3. The summed E-state index contributed by atoms with van der Waals surface area (Å²) in [6.45, 7) is 6.08. The molecule has 0 spiro atoms. The van der Waals surface area contributed by atoms with Crippen LogP contribution >= 0.6 is 11.3 Å². The molecule has 0 aliphatic heterocycles. The molecule has 0 unspecified atom stereocenters. The molecule has 158 valence electrons. The zero-order valence-corrected chi connectivity index (χ0v) is 18.6. The van der Waals surface area contributed by atoms with Gasteiger partial charge in [0.1, 0.15) is 0 Å². The lowest BCUT2D eigenvalue weighted by atomic mass is 9.96. The van der Waals surface area contributed by atoms with Crippen molar-refractivity contribution in [1.29, 1.82) is 0 Å². The Balaban J connectivity index is 2.05. The summed E-state index contributed by atoms with van der Waals surface area (Å²) in [5.41, 5.74) is 4.58. The zero-order valence-electron chi connectivity index (χ0n) is 17.8. The summed E-state index contributed by atoms with van der Waals surface area (Å²) in [6.07, 6.45) is 10.2. The van der Waals surface area contributed by atoms with E-state index in [2.05, 4.69) is 24.4 Å². The number of rotatable bonds is 11. The molecule has 1 heterocycles. The topological polar surface area (TPSA) is 60.7 Å². The van der Waals surface area contributed by atoms with Crippen LogP contribution in [0.25, 0.3) is 5.57 Å². The Morgan fingerprint density at radius 1 is 1.00 bits per heavy atom. The SMILES string of the molecule is CC/C(=C/C=C/C(O)(CC)CC)c1csc(CCc2ccc(CO)c(CO)c2)c1. The Hall–Kier alpha value is -1.72. The molecule has 0 fully saturated rings. The highest BCUT2D eigenvalue weighted by atomic mass is 32.1. The molecule has 0 radical (unpaired) electrons. The lowest BCUT2D eigenvalue weighted by molar-refractivity contribution is 0.0828. The minimum atomic E-state index is -0.714. The van der Waals surface area contributed by atoms with Crippen molar-refractivity contribution >= 4 is 16.9 Å². The van der Waals surface area contributed by atoms with Crippen LogP contribution in [0.3, 0.4) is 0 Å². The maximum atomic E-state index is 10.4. The van der Waals surface area contributed by atoms with Gasteiger partial charge in [0.15, 0.2) is 0 Å². The number of aliphatic hydroxyl groups excluding tert-OH is 2. The molecule has 0 aliphatic rings. The average Bonchev–Trinajstić information content (AvgIpc) is 3.23. The van der Waals surface area contributed by atoms with Gasteiger partial charge in [-0.3, -0.25) is 0 Å². The summed E-state index contributed by atoms with van der Waals surface area (Å²) >= 11 is 1.77. The van der Waals surface area contributed by atoms with E-state index in [4.69, 9.17) is 0 Å². The van der Waals surface area contributed by atoms with Gasteiger partial charge in [0.25, 0.3) is 0 Å². The lowest BCUT2D eigenvalue weighted by Crippen LogP contribution is -2.22. The van der Waals surface area contributed by atoms with E-state index < -0.39 is 5.60 Å². The van der Waals surface area contributed by atoms with Crippen LogP contribution in [0.2, 0.25) is 0 Å². The molecule has 0 aliphatic carbocycles. The normalized spacial score (nSPS) is 12.8. The van der Waals surface area contributed by atoms with Crippen LogP contribution in [-0.4, -0.2) is 20.9 Å². The maximum Gasteiger partial charge on any atom is 0.0825 e. The fourth-order valence-electron chi connectivity index (χ4n) is 3.33. The molecule has 3 nitrogen and oxygen atoms in total. The second-order valence-electron chi connectivity index (χ2n) is 7.44. The Kier molecular flexibility index (Phi) is 9.31. The molecular formula is C25H34O3S. The third kappa shape index (κ3) is 6.65. The van der Waals surface area contributed by atoms with Crippen LogP contribution in [0.1, 0.15) is 67.2 Å². The van der Waals surface area contributed by atoms with E-state index in [1.54, 1.807) is 11.3 Å². The number of aryl methyl sites for hydroxylation is 2. The van der Waals surface area contributed by atoms with Crippen molar-refractivity contribution < 1.29 is 15.3 Å². The molecule has 2 rings (SSSR count). The van der Waals surface area contributed by atoms with Crippen molar-refractivity contribution in [1.82, 2.24) is 0 Å². The molecule has 3 N–H and O–H groups in total. The van der Waals surface area contributed by atoms with Gasteiger partial charge in [0.2, 0.25) is 0 Å². The second-order valence-corrected chi connectivity index (χ2v) is 8.43. The first-order valence-corrected chi connectivity index (χ1v) is 11.4. The Bertz CT molecular complexity index is 828. The predicted molar refractivity (Wildman–Crippen MR) is 123 cm³/mol. The molecule has 1 aromatic carbocycles. The minimum Gasteiger partial charge on any atom is -0.392 e. The summed E-state index contributed by atoms with van der Waals surface area (Å²) in [7, 11) is 0. The van der Waals surface area contributed by atoms with Gasteiger partial charge in [0.05, 0.1) is 18.8 Å². The zero-order chi connectivity index (χ0) is 21.3. The molecule has 0 amide bonds. The number of thiophene rings is 1. The summed E-state index contributed by atoms with van der Waals surface area (Å²) in [6, 6.07) is 8.18. The van der Waals surface area contributed by atoms with E-state index in [-0.39, 0.29) is 13.2 Å². The fourth-order valence-corrected chi connectivity index (χ4v) is 4.24. The quantitative estimate of drug-likeness (QED) is 0.430. The Labute approximate surface area is 179 Å². The first-order valence-electron chi connectivity index (χ1n) is 10.5. The maximum absolute atomic E-state index is 10.4. The van der Waals surface area contributed by atoms with Crippen molar-refractivity contribution in [2.24, 2.45) is 0 Å². The number of hydrogen-bond acceptors (Lipinski definition) is 4. The molecule has 0 atom stereocenters. The van der Waals surface area contributed by atoms with Crippen LogP contribution in [-0.2, 0) is 26.1 Å². The van der Waals surface area contributed by atoms with Crippen molar-refractivity contribution in [2.45, 2.75) is 71.7 Å². The summed E-state index contributed by atoms with van der Waals surface area (Å²) in [4.78, 5) is 1.33. The van der Waals surface area contributed by atoms with Gasteiger partial charge in [-0.2, -0.15) is 0 Å². The smallest absolute Gasteiger partial charge is 0.0825 e. The average molecular weight is 415 g/mol. The summed E-state index contributed by atoms with van der Waals surface area (Å²) < 4.78 is 0. The highest BCUT2D eigenvalue weighted by molar-refractivity contribution is 7.10.